The smallest absolute Gasteiger partial charge is 0.307 e. The zero-order valence-electron chi connectivity index (χ0n) is 18.3. The second-order valence-corrected chi connectivity index (χ2v) is 9.28. The average molecular weight is 427 g/mol. The number of carbonyl (C=O) groups is 4. The fourth-order valence-electron chi connectivity index (χ4n) is 4.29. The number of nitrogens with zero attached hydrogens (tertiary/aromatic N) is 2. The van der Waals surface area contributed by atoms with Crippen molar-refractivity contribution < 1.29 is 34.1 Å². The van der Waals surface area contributed by atoms with Crippen molar-refractivity contribution in [2.75, 3.05) is 13.1 Å². The van der Waals surface area contributed by atoms with Crippen LogP contribution in [0.4, 0.5) is 0 Å². The number of β-lactam (4-membered cyclic amide) rings is 1. The van der Waals surface area contributed by atoms with Crippen LogP contribution in [0, 0.1) is 5.92 Å². The Balaban J connectivity index is 2.19. The lowest BCUT2D eigenvalue weighted by Crippen LogP contribution is -2.77. The lowest BCUT2D eigenvalue weighted by Gasteiger charge is -2.54. The summed E-state index contributed by atoms with van der Waals surface area (Å²) in [6.45, 7) is 8.27. The van der Waals surface area contributed by atoms with Gasteiger partial charge in [0.25, 0.3) is 5.91 Å². The highest BCUT2D eigenvalue weighted by Crippen LogP contribution is 2.41. The van der Waals surface area contributed by atoms with Crippen molar-refractivity contribution in [3.05, 3.63) is 0 Å². The van der Waals surface area contributed by atoms with E-state index in [2.05, 4.69) is 0 Å². The number of aliphatic hydroxyl groups is 2. The molecule has 2 saturated heterocycles. The molecule has 2 fully saturated rings. The quantitative estimate of drug-likeness (QED) is 0.354. The molecule has 0 radical (unpaired) electrons. The van der Waals surface area contributed by atoms with E-state index in [4.69, 9.17) is 10.5 Å². The highest BCUT2D eigenvalue weighted by molar-refractivity contribution is 6.01. The average Bonchev–Trinajstić information content (AvgIpc) is 3.02. The van der Waals surface area contributed by atoms with E-state index in [0.717, 1.165) is 0 Å². The molecule has 2 heterocycles. The minimum absolute atomic E-state index is 0.0645. The van der Waals surface area contributed by atoms with Crippen LogP contribution in [0.15, 0.2) is 0 Å². The summed E-state index contributed by atoms with van der Waals surface area (Å²) in [7, 11) is 0. The van der Waals surface area contributed by atoms with Crippen molar-refractivity contribution in [3.63, 3.8) is 0 Å². The van der Waals surface area contributed by atoms with Gasteiger partial charge >= 0.3 is 5.97 Å². The second-order valence-electron chi connectivity index (χ2n) is 9.28. The van der Waals surface area contributed by atoms with Gasteiger partial charge < -0.3 is 30.5 Å². The molecule has 5 atom stereocenters. The molecule has 1 spiro atoms. The predicted molar refractivity (Wildman–Crippen MR) is 106 cm³/mol. The Morgan fingerprint density at radius 2 is 1.80 bits per heavy atom. The number of esters is 1. The molecule has 2 aliphatic heterocycles. The van der Waals surface area contributed by atoms with Gasteiger partial charge in [0.2, 0.25) is 11.8 Å². The maximum absolute atomic E-state index is 13.2. The highest BCUT2D eigenvalue weighted by atomic mass is 16.6. The first kappa shape index (κ1) is 24.1. The third-order valence-electron chi connectivity index (χ3n) is 5.64. The van der Waals surface area contributed by atoms with E-state index in [1.165, 1.54) is 23.6 Å². The van der Waals surface area contributed by atoms with Gasteiger partial charge in [-0.2, -0.15) is 0 Å². The van der Waals surface area contributed by atoms with Crippen molar-refractivity contribution in [2.45, 2.75) is 83.3 Å². The van der Waals surface area contributed by atoms with Gasteiger partial charge in [0.05, 0.1) is 31.1 Å². The molecule has 4 N–H and O–H groups in total. The number of rotatable bonds is 7. The number of hydrogen-bond donors (Lipinski definition) is 3. The normalized spacial score (nSPS) is 25.5. The molecule has 3 amide bonds. The Labute approximate surface area is 176 Å². The van der Waals surface area contributed by atoms with Gasteiger partial charge in [-0.3, -0.25) is 19.2 Å². The third kappa shape index (κ3) is 4.59. The van der Waals surface area contributed by atoms with E-state index in [0.29, 0.717) is 19.4 Å². The van der Waals surface area contributed by atoms with Crippen LogP contribution >= 0.6 is 0 Å². The zero-order valence-corrected chi connectivity index (χ0v) is 18.3. The number of primary amides is 1. The van der Waals surface area contributed by atoms with E-state index in [1.807, 2.05) is 0 Å². The number of nitrogens with two attached hydrogens (primary N) is 1. The van der Waals surface area contributed by atoms with Gasteiger partial charge in [0.1, 0.15) is 17.2 Å². The van der Waals surface area contributed by atoms with E-state index in [-0.39, 0.29) is 13.0 Å². The minimum atomic E-state index is -1.17. The maximum atomic E-state index is 13.2. The first-order chi connectivity index (χ1) is 13.7. The first-order valence-corrected chi connectivity index (χ1v) is 10.2. The predicted octanol–water partition coefficient (Wildman–Crippen LogP) is -0.847. The van der Waals surface area contributed by atoms with Crippen molar-refractivity contribution in [1.29, 1.82) is 0 Å². The summed E-state index contributed by atoms with van der Waals surface area (Å²) in [5.74, 6) is -3.45. The van der Waals surface area contributed by atoms with Gasteiger partial charge in [0.15, 0.2) is 0 Å². The molecule has 2 unspecified atom stereocenters. The van der Waals surface area contributed by atoms with E-state index in [1.54, 1.807) is 20.8 Å². The molecule has 0 saturated carbocycles. The number of aliphatic hydroxyl groups excluding tert-OH is 2. The third-order valence-corrected chi connectivity index (χ3v) is 5.64. The number of ether oxygens (including phenoxy) is 1. The van der Waals surface area contributed by atoms with Crippen LogP contribution in [-0.2, 0) is 23.9 Å². The van der Waals surface area contributed by atoms with Crippen LogP contribution < -0.4 is 5.73 Å². The van der Waals surface area contributed by atoms with Crippen molar-refractivity contribution in [2.24, 2.45) is 11.7 Å². The van der Waals surface area contributed by atoms with Gasteiger partial charge in [-0.1, -0.05) is 0 Å². The monoisotopic (exact) mass is 427 g/mol. The van der Waals surface area contributed by atoms with Gasteiger partial charge in [-0.25, -0.2) is 0 Å². The summed E-state index contributed by atoms with van der Waals surface area (Å²) in [6, 6.07) is -1.17. The van der Waals surface area contributed by atoms with Crippen molar-refractivity contribution in [3.8, 4) is 0 Å². The first-order valence-electron chi connectivity index (χ1n) is 10.2. The largest absolute Gasteiger partial charge is 0.460 e. The molecule has 10 heteroatoms. The minimum Gasteiger partial charge on any atom is -0.460 e. The number of amides is 3. The molecule has 2 rings (SSSR count). The fourth-order valence-corrected chi connectivity index (χ4v) is 4.29. The molecule has 10 nitrogen and oxygen atoms in total. The van der Waals surface area contributed by atoms with E-state index >= 15 is 0 Å². The Morgan fingerprint density at radius 1 is 1.20 bits per heavy atom. The molecule has 0 aromatic carbocycles. The molecular weight excluding hydrogens is 394 g/mol. The fraction of sp³-hybridized carbons (Fsp3) is 0.800. The van der Waals surface area contributed by atoms with Gasteiger partial charge in [-0.05, 0) is 47.5 Å². The van der Waals surface area contributed by atoms with Gasteiger partial charge in [-0.15, -0.1) is 0 Å². The molecule has 0 bridgehead atoms. The molecule has 0 aromatic heterocycles. The van der Waals surface area contributed by atoms with Crippen LogP contribution in [0.1, 0.15) is 53.9 Å². The Morgan fingerprint density at radius 3 is 2.23 bits per heavy atom. The van der Waals surface area contributed by atoms with Crippen LogP contribution in [0.2, 0.25) is 0 Å². The molecule has 0 aromatic rings. The molecule has 170 valence electrons. The Bertz CT molecular complexity index is 716. The molecular formula is C20H33N3O7. The van der Waals surface area contributed by atoms with Gasteiger partial charge in [0, 0.05) is 6.54 Å². The van der Waals surface area contributed by atoms with Crippen LogP contribution in [-0.4, -0.2) is 86.2 Å². The summed E-state index contributed by atoms with van der Waals surface area (Å²) < 4.78 is 5.27. The van der Waals surface area contributed by atoms with Crippen LogP contribution in [0.5, 0.6) is 0 Å². The summed E-state index contributed by atoms with van der Waals surface area (Å²) >= 11 is 0. The summed E-state index contributed by atoms with van der Waals surface area (Å²) in [6.07, 6.45) is -1.61. The lowest BCUT2D eigenvalue weighted by molar-refractivity contribution is -0.179. The maximum Gasteiger partial charge on any atom is 0.307 e. The zero-order chi connectivity index (χ0) is 23.0. The Kier molecular flexibility index (Phi) is 6.82. The summed E-state index contributed by atoms with van der Waals surface area (Å²) in [4.78, 5) is 52.7. The Hall–Kier alpha value is -2.20. The summed E-state index contributed by atoms with van der Waals surface area (Å²) in [5.41, 5.74) is 3.46. The van der Waals surface area contributed by atoms with Crippen LogP contribution in [0.3, 0.4) is 0 Å². The topological polar surface area (TPSA) is 150 Å². The van der Waals surface area contributed by atoms with Crippen LogP contribution in [0.25, 0.3) is 0 Å². The number of carbonyl (C=O) groups excluding carboxylic acids is 4. The SMILES string of the molecule is C[C@@H](O)C(C(N)=O)N1CC2(CCCN2C(=O)[C@@H](CC(=O)OC(C)(C)C)[C@@H](C)O)C1=O. The number of hydrogen-bond acceptors (Lipinski definition) is 7. The highest BCUT2D eigenvalue weighted by Gasteiger charge is 2.62. The molecule has 30 heavy (non-hydrogen) atoms. The van der Waals surface area contributed by atoms with Crippen molar-refractivity contribution >= 4 is 23.7 Å². The number of likely N-dealkylation sites (tertiary alicyclic amines) is 2. The lowest BCUT2D eigenvalue weighted by atomic mass is 9.82. The standard InChI is InChI=1S/C20H33N3O7/c1-11(24)13(9-14(26)30-19(3,4)5)17(28)23-8-6-7-20(23)10-22(18(20)29)15(12(2)25)16(21)27/h11-13,15,24-25H,6-10H2,1-5H3,(H2,21,27)/t11-,12-,13+,15?,20?/m1/s1. The van der Waals surface area contributed by atoms with E-state index in [9.17, 15) is 29.4 Å². The molecule has 2 aliphatic rings. The van der Waals surface area contributed by atoms with Crippen molar-refractivity contribution in [1.82, 2.24) is 9.80 Å². The molecule has 0 aliphatic carbocycles. The van der Waals surface area contributed by atoms with E-state index < -0.39 is 59.0 Å². The summed E-state index contributed by atoms with van der Waals surface area (Å²) in [5, 5.41) is 20.0. The second kappa shape index (κ2) is 8.50.